The predicted molar refractivity (Wildman–Crippen MR) is 68.6 cm³/mol. The molecule has 1 unspecified atom stereocenters. The minimum Gasteiger partial charge on any atom is -0.332 e. The van der Waals surface area contributed by atoms with Gasteiger partial charge < -0.3 is 10.3 Å². The lowest BCUT2D eigenvalue weighted by molar-refractivity contribution is -0.128. The van der Waals surface area contributed by atoms with Gasteiger partial charge in [-0.05, 0) is 18.6 Å². The van der Waals surface area contributed by atoms with Crippen LogP contribution in [0.1, 0.15) is 17.7 Å². The van der Waals surface area contributed by atoms with Crippen LogP contribution in [0.25, 0.3) is 0 Å². The van der Waals surface area contributed by atoms with Gasteiger partial charge in [-0.1, -0.05) is 11.6 Å². The van der Waals surface area contributed by atoms with Gasteiger partial charge in [-0.3, -0.25) is 4.79 Å². The molecule has 3 heterocycles. The van der Waals surface area contributed by atoms with E-state index in [0.717, 1.165) is 27.9 Å². The molecule has 2 aliphatic heterocycles. The van der Waals surface area contributed by atoms with E-state index in [9.17, 15) is 4.79 Å². The van der Waals surface area contributed by atoms with Crippen molar-refractivity contribution in [3.63, 3.8) is 0 Å². The van der Waals surface area contributed by atoms with Crippen LogP contribution in [-0.2, 0) is 4.79 Å². The third kappa shape index (κ3) is 1.93. The molecule has 1 amide bonds. The van der Waals surface area contributed by atoms with Gasteiger partial charge in [-0.2, -0.15) is 5.10 Å². The Hall–Kier alpha value is -1.07. The van der Waals surface area contributed by atoms with Gasteiger partial charge in [0, 0.05) is 13.0 Å². The van der Waals surface area contributed by atoms with Crippen molar-refractivity contribution in [2.24, 2.45) is 5.10 Å². The zero-order valence-corrected chi connectivity index (χ0v) is 10.7. The highest BCUT2D eigenvalue weighted by molar-refractivity contribution is 7.18. The summed E-state index contributed by atoms with van der Waals surface area (Å²) in [5, 5.41) is 4.30. The maximum absolute atomic E-state index is 11.8. The molecule has 0 spiro atoms. The fourth-order valence-corrected chi connectivity index (χ4v) is 3.40. The van der Waals surface area contributed by atoms with Crippen LogP contribution in [-0.4, -0.2) is 35.7 Å². The highest BCUT2D eigenvalue weighted by Crippen LogP contribution is 2.26. The molecule has 1 fully saturated rings. The van der Waals surface area contributed by atoms with E-state index in [1.807, 2.05) is 17.0 Å². The predicted octanol–water partition coefficient (Wildman–Crippen LogP) is 1.70. The first-order valence-corrected chi connectivity index (χ1v) is 6.81. The van der Waals surface area contributed by atoms with E-state index in [1.165, 1.54) is 11.3 Å². The number of carbonyl (C=O) groups is 1. The van der Waals surface area contributed by atoms with Crippen molar-refractivity contribution in [2.45, 2.75) is 18.9 Å². The highest BCUT2D eigenvalue weighted by atomic mass is 35.5. The Bertz CT molecular complexity index is 485. The average molecular weight is 270 g/mol. The van der Waals surface area contributed by atoms with Crippen LogP contribution in [0.3, 0.4) is 0 Å². The summed E-state index contributed by atoms with van der Waals surface area (Å²) in [4.78, 5) is 14.7. The summed E-state index contributed by atoms with van der Waals surface area (Å²) in [5.41, 5.74) is 3.93. The molecule has 0 aliphatic carbocycles. The quantitative estimate of drug-likeness (QED) is 0.888. The molecule has 1 aromatic rings. The van der Waals surface area contributed by atoms with Crippen LogP contribution in [0.15, 0.2) is 17.2 Å². The average Bonchev–Trinajstić information content (AvgIpc) is 2.97. The SMILES string of the molecule is O=C1CCCN1C1CNN=C1c1ccc(Cl)s1. The van der Waals surface area contributed by atoms with Gasteiger partial charge in [-0.15, -0.1) is 11.3 Å². The highest BCUT2D eigenvalue weighted by Gasteiger charge is 2.34. The van der Waals surface area contributed by atoms with Crippen molar-refractivity contribution in [1.82, 2.24) is 10.3 Å². The Morgan fingerprint density at radius 1 is 1.53 bits per heavy atom. The van der Waals surface area contributed by atoms with Crippen molar-refractivity contribution in [3.05, 3.63) is 21.3 Å². The monoisotopic (exact) mass is 269 g/mol. The van der Waals surface area contributed by atoms with E-state index in [2.05, 4.69) is 10.5 Å². The number of rotatable bonds is 2. The molecule has 0 radical (unpaired) electrons. The number of thiophene rings is 1. The second-order valence-electron chi connectivity index (χ2n) is 4.17. The van der Waals surface area contributed by atoms with Gasteiger partial charge in [0.25, 0.3) is 0 Å². The van der Waals surface area contributed by atoms with Crippen LogP contribution in [0.2, 0.25) is 4.34 Å². The lowest BCUT2D eigenvalue weighted by Crippen LogP contribution is -2.43. The maximum Gasteiger partial charge on any atom is 0.223 e. The first-order chi connectivity index (χ1) is 8.25. The van der Waals surface area contributed by atoms with Gasteiger partial charge in [-0.25, -0.2) is 0 Å². The summed E-state index contributed by atoms with van der Waals surface area (Å²) in [6.45, 7) is 1.54. The molecule has 1 atom stereocenters. The Balaban J connectivity index is 1.87. The fourth-order valence-electron chi connectivity index (χ4n) is 2.32. The molecule has 0 saturated carbocycles. The Morgan fingerprint density at radius 2 is 2.41 bits per heavy atom. The molecular formula is C11H12ClN3OS. The molecule has 1 saturated heterocycles. The number of carbonyl (C=O) groups excluding carboxylic acids is 1. The molecule has 1 aromatic heterocycles. The van der Waals surface area contributed by atoms with Gasteiger partial charge >= 0.3 is 0 Å². The molecule has 17 heavy (non-hydrogen) atoms. The minimum absolute atomic E-state index is 0.0692. The molecule has 6 heteroatoms. The van der Waals surface area contributed by atoms with E-state index < -0.39 is 0 Å². The molecule has 0 aromatic carbocycles. The summed E-state index contributed by atoms with van der Waals surface area (Å²) < 4.78 is 0.751. The van der Waals surface area contributed by atoms with E-state index >= 15 is 0 Å². The summed E-state index contributed by atoms with van der Waals surface area (Å²) in [5.74, 6) is 0.231. The van der Waals surface area contributed by atoms with Crippen LogP contribution in [0, 0.1) is 0 Å². The van der Waals surface area contributed by atoms with Crippen LogP contribution < -0.4 is 5.43 Å². The van der Waals surface area contributed by atoms with Gasteiger partial charge in [0.2, 0.25) is 5.91 Å². The number of nitrogens with one attached hydrogen (secondary N) is 1. The maximum atomic E-state index is 11.8. The fraction of sp³-hybridized carbons (Fsp3) is 0.455. The number of halogens is 1. The van der Waals surface area contributed by atoms with Crippen molar-refractivity contribution in [1.29, 1.82) is 0 Å². The zero-order chi connectivity index (χ0) is 11.8. The standard InChI is InChI=1S/C11H12ClN3OS/c12-9-4-3-8(17-9)11-7(6-13-14-11)15-5-1-2-10(15)16/h3-4,7,13H,1-2,5-6H2. The summed E-state index contributed by atoms with van der Waals surface area (Å²) in [7, 11) is 0. The van der Waals surface area contributed by atoms with Gasteiger partial charge in [0.15, 0.2) is 0 Å². The number of likely N-dealkylation sites (tertiary alicyclic amines) is 1. The third-order valence-electron chi connectivity index (χ3n) is 3.11. The number of hydrogen-bond donors (Lipinski definition) is 1. The molecule has 1 N–H and O–H groups in total. The number of nitrogens with zero attached hydrogens (tertiary/aromatic N) is 2. The Labute approximate surface area is 108 Å². The summed E-state index contributed by atoms with van der Waals surface area (Å²) in [6, 6.07) is 3.90. The third-order valence-corrected chi connectivity index (χ3v) is 4.37. The van der Waals surface area contributed by atoms with Crippen LogP contribution >= 0.6 is 22.9 Å². The molecule has 4 nitrogen and oxygen atoms in total. The van der Waals surface area contributed by atoms with E-state index in [4.69, 9.17) is 11.6 Å². The smallest absolute Gasteiger partial charge is 0.223 e. The molecule has 2 aliphatic rings. The number of amides is 1. The van der Waals surface area contributed by atoms with Crippen molar-refractivity contribution in [3.8, 4) is 0 Å². The molecule has 90 valence electrons. The van der Waals surface area contributed by atoms with Crippen LogP contribution in [0.5, 0.6) is 0 Å². The van der Waals surface area contributed by atoms with E-state index in [0.29, 0.717) is 13.0 Å². The topological polar surface area (TPSA) is 44.7 Å². The van der Waals surface area contributed by atoms with Gasteiger partial charge in [0.1, 0.15) is 5.71 Å². The minimum atomic E-state index is 0.0692. The van der Waals surface area contributed by atoms with Crippen molar-refractivity contribution >= 4 is 34.6 Å². The normalized spacial score (nSPS) is 24.1. The molecule has 3 rings (SSSR count). The number of hydrazone groups is 1. The first kappa shape index (κ1) is 11.0. The lowest BCUT2D eigenvalue weighted by Gasteiger charge is -2.23. The Kier molecular flexibility index (Phi) is 2.80. The largest absolute Gasteiger partial charge is 0.332 e. The second-order valence-corrected chi connectivity index (χ2v) is 5.88. The lowest BCUT2D eigenvalue weighted by atomic mass is 10.1. The van der Waals surface area contributed by atoms with E-state index in [1.54, 1.807) is 0 Å². The summed E-state index contributed by atoms with van der Waals surface area (Å²) in [6.07, 6.45) is 1.61. The number of hydrogen-bond acceptors (Lipinski definition) is 4. The summed E-state index contributed by atoms with van der Waals surface area (Å²) >= 11 is 7.44. The first-order valence-electron chi connectivity index (χ1n) is 5.61. The Morgan fingerprint density at radius 3 is 3.06 bits per heavy atom. The molecule has 0 bridgehead atoms. The van der Waals surface area contributed by atoms with E-state index in [-0.39, 0.29) is 11.9 Å². The molecular weight excluding hydrogens is 258 g/mol. The van der Waals surface area contributed by atoms with Crippen molar-refractivity contribution in [2.75, 3.05) is 13.1 Å². The van der Waals surface area contributed by atoms with Crippen LogP contribution in [0.4, 0.5) is 0 Å². The zero-order valence-electron chi connectivity index (χ0n) is 9.15. The second kappa shape index (κ2) is 4.31. The van der Waals surface area contributed by atoms with Crippen molar-refractivity contribution < 1.29 is 4.79 Å². The van der Waals surface area contributed by atoms with Gasteiger partial charge in [0.05, 0.1) is 21.8 Å².